The van der Waals surface area contributed by atoms with Gasteiger partial charge in [-0.3, -0.25) is 14.9 Å². The number of halogens is 2. The molecule has 1 heterocycles. The zero-order valence-corrected chi connectivity index (χ0v) is 15.9. The molecule has 0 bridgehead atoms. The van der Waals surface area contributed by atoms with E-state index < -0.39 is 11.7 Å². The third-order valence-electron chi connectivity index (χ3n) is 3.43. The van der Waals surface area contributed by atoms with Crippen molar-refractivity contribution in [2.45, 2.75) is 4.34 Å². The number of aromatic nitrogens is 2. The molecule has 1 N–H and O–H groups in total. The van der Waals surface area contributed by atoms with Crippen LogP contribution < -0.4 is 5.32 Å². The average Bonchev–Trinajstić information content (AvgIpc) is 3.13. The van der Waals surface area contributed by atoms with Crippen LogP contribution in [0.25, 0.3) is 6.08 Å². The number of hydrogen-bond donors (Lipinski definition) is 1. The second-order valence-corrected chi connectivity index (χ2v) is 7.67. The number of carbonyl (C=O) groups is 2. The van der Waals surface area contributed by atoms with E-state index in [9.17, 15) is 18.4 Å². The lowest BCUT2D eigenvalue weighted by Gasteiger charge is -1.98. The van der Waals surface area contributed by atoms with Crippen LogP contribution in [-0.2, 0) is 4.79 Å². The van der Waals surface area contributed by atoms with Crippen LogP contribution in [0.5, 0.6) is 0 Å². The molecule has 0 saturated heterocycles. The van der Waals surface area contributed by atoms with Crippen LogP contribution in [0, 0.1) is 11.6 Å². The van der Waals surface area contributed by atoms with Crippen molar-refractivity contribution in [2.75, 3.05) is 11.1 Å². The van der Waals surface area contributed by atoms with E-state index in [2.05, 4.69) is 15.5 Å². The molecule has 3 aromatic rings. The Morgan fingerprint density at radius 2 is 1.64 bits per heavy atom. The molecule has 28 heavy (non-hydrogen) atoms. The number of ketones is 1. The number of thioether (sulfide) groups is 1. The van der Waals surface area contributed by atoms with E-state index >= 15 is 0 Å². The van der Waals surface area contributed by atoms with E-state index in [-0.39, 0.29) is 17.4 Å². The summed E-state index contributed by atoms with van der Waals surface area (Å²) in [5, 5.41) is 10.6. The number of amides is 1. The second-order valence-electron chi connectivity index (χ2n) is 5.47. The number of benzene rings is 2. The summed E-state index contributed by atoms with van der Waals surface area (Å²) in [5.41, 5.74) is 1.10. The fourth-order valence-electron chi connectivity index (χ4n) is 2.06. The summed E-state index contributed by atoms with van der Waals surface area (Å²) in [5.74, 6) is -1.19. The van der Waals surface area contributed by atoms with Gasteiger partial charge in [0.15, 0.2) is 10.1 Å². The molecule has 3 rings (SSSR count). The van der Waals surface area contributed by atoms with Gasteiger partial charge in [-0.25, -0.2) is 8.78 Å². The van der Waals surface area contributed by atoms with Gasteiger partial charge in [-0.1, -0.05) is 35.2 Å². The quantitative estimate of drug-likeness (QED) is 0.266. The molecule has 1 amide bonds. The summed E-state index contributed by atoms with van der Waals surface area (Å²) in [6, 6.07) is 11.0. The van der Waals surface area contributed by atoms with Crippen LogP contribution >= 0.6 is 23.1 Å². The molecule has 0 aliphatic carbocycles. The molecule has 0 spiro atoms. The summed E-state index contributed by atoms with van der Waals surface area (Å²) in [4.78, 5) is 24.0. The smallest absolute Gasteiger partial charge is 0.250 e. The second kappa shape index (κ2) is 9.34. The molecule has 0 unspecified atom stereocenters. The van der Waals surface area contributed by atoms with Gasteiger partial charge in [0.1, 0.15) is 11.6 Å². The van der Waals surface area contributed by atoms with Crippen molar-refractivity contribution in [3.05, 3.63) is 77.4 Å². The van der Waals surface area contributed by atoms with Gasteiger partial charge in [-0.15, -0.1) is 10.2 Å². The Hall–Kier alpha value is -2.91. The predicted molar refractivity (Wildman–Crippen MR) is 105 cm³/mol. The minimum atomic E-state index is -0.403. The Morgan fingerprint density at radius 3 is 2.32 bits per heavy atom. The van der Waals surface area contributed by atoms with Gasteiger partial charge in [-0.05, 0) is 48.0 Å². The summed E-state index contributed by atoms with van der Waals surface area (Å²) >= 11 is 2.32. The summed E-state index contributed by atoms with van der Waals surface area (Å²) in [6.07, 6.45) is 2.85. The molecule has 0 radical (unpaired) electrons. The van der Waals surface area contributed by atoms with Gasteiger partial charge >= 0.3 is 0 Å². The Kier molecular flexibility index (Phi) is 6.62. The molecule has 142 valence electrons. The summed E-state index contributed by atoms with van der Waals surface area (Å²) in [7, 11) is 0. The molecule has 0 aliphatic rings. The molecule has 1 aromatic heterocycles. The monoisotopic (exact) mass is 417 g/mol. The minimum absolute atomic E-state index is 0.124. The van der Waals surface area contributed by atoms with E-state index in [0.717, 1.165) is 11.3 Å². The van der Waals surface area contributed by atoms with Crippen molar-refractivity contribution < 1.29 is 18.4 Å². The van der Waals surface area contributed by atoms with E-state index in [1.165, 1.54) is 54.2 Å². The lowest BCUT2D eigenvalue weighted by Crippen LogP contribution is -2.07. The highest BCUT2D eigenvalue weighted by atomic mass is 32.2. The highest BCUT2D eigenvalue weighted by Gasteiger charge is 2.11. The fourth-order valence-corrected chi connectivity index (χ4v) is 3.71. The fraction of sp³-hybridized carbons (Fsp3) is 0.0526. The van der Waals surface area contributed by atoms with Crippen molar-refractivity contribution in [3.63, 3.8) is 0 Å². The molecular formula is C19H13F2N3O2S2. The molecule has 0 atom stereocenters. The van der Waals surface area contributed by atoms with Gasteiger partial charge in [0.25, 0.3) is 0 Å². The number of nitrogens with one attached hydrogen (secondary N) is 1. The molecule has 5 nitrogen and oxygen atoms in total. The van der Waals surface area contributed by atoms with Crippen molar-refractivity contribution in [3.8, 4) is 0 Å². The third-order valence-corrected chi connectivity index (χ3v) is 5.40. The van der Waals surface area contributed by atoms with Gasteiger partial charge in [0.05, 0.1) is 5.75 Å². The average molecular weight is 417 g/mol. The van der Waals surface area contributed by atoms with E-state index in [1.807, 2.05) is 0 Å². The van der Waals surface area contributed by atoms with Gasteiger partial charge in [-0.2, -0.15) is 0 Å². The first kappa shape index (κ1) is 19.8. The number of hydrogen-bond acceptors (Lipinski definition) is 6. The molecule has 0 aliphatic heterocycles. The first-order valence-corrected chi connectivity index (χ1v) is 9.79. The minimum Gasteiger partial charge on any atom is -0.297 e. The van der Waals surface area contributed by atoms with Crippen molar-refractivity contribution in [2.24, 2.45) is 0 Å². The molecule has 9 heteroatoms. The highest BCUT2D eigenvalue weighted by Crippen LogP contribution is 2.26. The van der Waals surface area contributed by atoms with Gasteiger partial charge < -0.3 is 0 Å². The standard InChI is InChI=1S/C19H13F2N3O2S2/c20-14-6-1-12(2-7-14)3-10-17(26)22-18-23-24-19(28-18)27-11-16(25)13-4-8-15(21)9-5-13/h1-10H,11H2,(H,22,23,26)/b10-3+. The number of anilines is 1. The number of nitrogens with zero attached hydrogens (tertiary/aromatic N) is 2. The third kappa shape index (κ3) is 5.80. The summed E-state index contributed by atoms with van der Waals surface area (Å²) in [6.45, 7) is 0. The van der Waals surface area contributed by atoms with Crippen molar-refractivity contribution >= 4 is 46.0 Å². The molecular weight excluding hydrogens is 404 g/mol. The maximum absolute atomic E-state index is 12.9. The number of rotatable bonds is 7. The molecule has 0 fully saturated rings. The topological polar surface area (TPSA) is 72.0 Å². The maximum Gasteiger partial charge on any atom is 0.250 e. The Bertz CT molecular complexity index is 1000. The van der Waals surface area contributed by atoms with Gasteiger partial charge in [0, 0.05) is 11.6 Å². The lowest BCUT2D eigenvalue weighted by molar-refractivity contribution is -0.111. The normalized spacial score (nSPS) is 10.9. The predicted octanol–water partition coefficient (Wildman–Crippen LogP) is 4.44. The van der Waals surface area contributed by atoms with Crippen molar-refractivity contribution in [1.82, 2.24) is 10.2 Å². The van der Waals surface area contributed by atoms with Crippen molar-refractivity contribution in [1.29, 1.82) is 0 Å². The number of Topliss-reactive ketones (excluding diaryl/α,β-unsaturated/α-hetero) is 1. The van der Waals surface area contributed by atoms with E-state index in [0.29, 0.717) is 20.6 Å². The largest absolute Gasteiger partial charge is 0.297 e. The van der Waals surface area contributed by atoms with Crippen LogP contribution in [-0.4, -0.2) is 27.6 Å². The van der Waals surface area contributed by atoms with Gasteiger partial charge in [0.2, 0.25) is 11.0 Å². The Balaban J connectivity index is 1.50. The Morgan fingerprint density at radius 1 is 1.00 bits per heavy atom. The van der Waals surface area contributed by atoms with Crippen LogP contribution in [0.15, 0.2) is 58.9 Å². The SMILES string of the molecule is O=C(/C=C/c1ccc(F)cc1)Nc1nnc(SCC(=O)c2ccc(F)cc2)s1. The maximum atomic E-state index is 12.9. The zero-order valence-electron chi connectivity index (χ0n) is 14.3. The van der Waals surface area contributed by atoms with E-state index in [4.69, 9.17) is 0 Å². The highest BCUT2D eigenvalue weighted by molar-refractivity contribution is 8.01. The number of carbonyl (C=O) groups excluding carboxylic acids is 2. The molecule has 2 aromatic carbocycles. The van der Waals surface area contributed by atoms with E-state index in [1.54, 1.807) is 18.2 Å². The first-order chi connectivity index (χ1) is 13.5. The first-order valence-electron chi connectivity index (χ1n) is 7.99. The lowest BCUT2D eigenvalue weighted by atomic mass is 10.1. The molecule has 0 saturated carbocycles. The Labute approximate surface area is 167 Å². The summed E-state index contributed by atoms with van der Waals surface area (Å²) < 4.78 is 26.3. The van der Waals surface area contributed by atoms with Crippen LogP contribution in [0.2, 0.25) is 0 Å². The van der Waals surface area contributed by atoms with Crippen LogP contribution in [0.4, 0.5) is 13.9 Å². The van der Waals surface area contributed by atoms with Crippen LogP contribution in [0.1, 0.15) is 15.9 Å². The van der Waals surface area contributed by atoms with Crippen LogP contribution in [0.3, 0.4) is 0 Å². The zero-order chi connectivity index (χ0) is 19.9.